The molecule has 0 saturated heterocycles. The number of hydrogen-bond donors (Lipinski definition) is 2. The number of rotatable bonds is 2. The molecule has 0 saturated carbocycles. The van der Waals surface area contributed by atoms with Crippen molar-refractivity contribution < 1.29 is 15.0 Å². The van der Waals surface area contributed by atoms with Gasteiger partial charge in [-0.1, -0.05) is 18.2 Å². The van der Waals surface area contributed by atoms with Gasteiger partial charge in [0, 0.05) is 17.1 Å². The molecule has 0 fully saturated rings. The predicted molar refractivity (Wildman–Crippen MR) is 75.8 cm³/mol. The molecule has 0 amide bonds. The molecule has 4 nitrogen and oxygen atoms in total. The molecule has 0 radical (unpaired) electrons. The zero-order valence-corrected chi connectivity index (χ0v) is 10.4. The summed E-state index contributed by atoms with van der Waals surface area (Å²) in [4.78, 5) is 15.2. The van der Waals surface area contributed by atoms with Crippen molar-refractivity contribution in [2.75, 3.05) is 0 Å². The maximum atomic E-state index is 10.9. The third kappa shape index (κ3) is 1.97. The Morgan fingerprint density at radius 3 is 2.60 bits per heavy atom. The third-order valence-electron chi connectivity index (χ3n) is 3.18. The number of carboxylic acid groups (broad SMARTS) is 1. The highest BCUT2D eigenvalue weighted by Gasteiger charge is 2.11. The smallest absolute Gasteiger partial charge is 0.335 e. The molecular formula is C16H11NO3. The van der Waals surface area contributed by atoms with Crippen LogP contribution in [-0.2, 0) is 0 Å². The van der Waals surface area contributed by atoms with Crippen molar-refractivity contribution in [3.05, 3.63) is 60.3 Å². The quantitative estimate of drug-likeness (QED) is 0.745. The van der Waals surface area contributed by atoms with Crippen LogP contribution in [0.3, 0.4) is 0 Å². The van der Waals surface area contributed by atoms with Gasteiger partial charge < -0.3 is 10.2 Å². The van der Waals surface area contributed by atoms with E-state index in [-0.39, 0.29) is 11.3 Å². The molecule has 0 aliphatic carbocycles. The monoisotopic (exact) mass is 265 g/mol. The minimum atomic E-state index is -1.06. The molecule has 0 bridgehead atoms. The molecule has 1 heterocycles. The third-order valence-corrected chi connectivity index (χ3v) is 3.18. The molecule has 0 spiro atoms. The first-order chi connectivity index (χ1) is 9.66. The predicted octanol–water partition coefficient (Wildman–Crippen LogP) is 3.31. The molecular weight excluding hydrogens is 254 g/mol. The molecule has 4 heteroatoms. The first-order valence-electron chi connectivity index (χ1n) is 6.07. The van der Waals surface area contributed by atoms with E-state index in [0.717, 1.165) is 16.5 Å². The van der Waals surface area contributed by atoms with Crippen LogP contribution in [-0.4, -0.2) is 21.2 Å². The summed E-state index contributed by atoms with van der Waals surface area (Å²) < 4.78 is 0. The average Bonchev–Trinajstić information content (AvgIpc) is 2.46. The second-order valence-electron chi connectivity index (χ2n) is 4.41. The van der Waals surface area contributed by atoms with Gasteiger partial charge in [0.1, 0.15) is 5.75 Å². The molecule has 0 aliphatic rings. The van der Waals surface area contributed by atoms with Crippen molar-refractivity contribution in [3.8, 4) is 16.9 Å². The molecule has 2 aromatic carbocycles. The first kappa shape index (κ1) is 12.2. The maximum Gasteiger partial charge on any atom is 0.335 e. The van der Waals surface area contributed by atoms with E-state index in [1.54, 1.807) is 12.3 Å². The number of benzene rings is 2. The van der Waals surface area contributed by atoms with Gasteiger partial charge in [-0.25, -0.2) is 4.79 Å². The zero-order valence-electron chi connectivity index (χ0n) is 10.4. The number of aromatic hydroxyl groups is 1. The highest BCUT2D eigenvalue weighted by atomic mass is 16.4. The Hall–Kier alpha value is -2.88. The van der Waals surface area contributed by atoms with Crippen LogP contribution in [0.15, 0.2) is 54.7 Å². The van der Waals surface area contributed by atoms with Gasteiger partial charge >= 0.3 is 5.97 Å². The van der Waals surface area contributed by atoms with Crippen LogP contribution < -0.4 is 0 Å². The number of aromatic carboxylic acids is 1. The lowest BCUT2D eigenvalue weighted by Crippen LogP contribution is -1.95. The van der Waals surface area contributed by atoms with Crippen LogP contribution in [0.1, 0.15) is 10.4 Å². The summed E-state index contributed by atoms with van der Waals surface area (Å²) in [5, 5.41) is 19.9. The van der Waals surface area contributed by atoms with E-state index < -0.39 is 5.97 Å². The lowest BCUT2D eigenvalue weighted by molar-refractivity contribution is 0.0696. The Morgan fingerprint density at radius 2 is 1.85 bits per heavy atom. The number of carboxylic acids is 1. The number of phenols is 1. The van der Waals surface area contributed by atoms with Crippen molar-refractivity contribution in [3.63, 3.8) is 0 Å². The Morgan fingerprint density at radius 1 is 1.00 bits per heavy atom. The number of fused-ring (bicyclic) bond motifs is 1. The number of nitrogens with zero attached hydrogens (tertiary/aromatic N) is 1. The largest absolute Gasteiger partial charge is 0.507 e. The molecule has 0 aliphatic heterocycles. The van der Waals surface area contributed by atoms with E-state index in [4.69, 9.17) is 5.11 Å². The summed E-state index contributed by atoms with van der Waals surface area (Å²) in [7, 11) is 0. The Labute approximate surface area is 115 Å². The molecule has 2 N–H and O–H groups in total. The first-order valence-corrected chi connectivity index (χ1v) is 6.07. The zero-order chi connectivity index (χ0) is 14.1. The lowest BCUT2D eigenvalue weighted by Gasteiger charge is -2.09. The van der Waals surface area contributed by atoms with E-state index in [9.17, 15) is 9.90 Å². The minimum absolute atomic E-state index is 0.0544. The second kappa shape index (κ2) is 4.66. The normalized spacial score (nSPS) is 10.6. The SMILES string of the molecule is O=C(O)c1ccc(-c2cccc3ncccc23)c(O)c1. The van der Waals surface area contributed by atoms with Gasteiger partial charge in [-0.05, 0) is 35.9 Å². The number of phenolic OH excluding ortho intramolecular Hbond substituents is 1. The van der Waals surface area contributed by atoms with E-state index in [0.29, 0.717) is 5.56 Å². The Bertz CT molecular complexity index is 806. The fourth-order valence-electron chi connectivity index (χ4n) is 2.23. The van der Waals surface area contributed by atoms with Gasteiger partial charge in [0.25, 0.3) is 0 Å². The molecule has 98 valence electrons. The fourth-order valence-corrected chi connectivity index (χ4v) is 2.23. The molecule has 0 unspecified atom stereocenters. The van der Waals surface area contributed by atoms with Crippen LogP contribution >= 0.6 is 0 Å². The molecule has 3 aromatic rings. The van der Waals surface area contributed by atoms with Crippen molar-refractivity contribution >= 4 is 16.9 Å². The Balaban J connectivity index is 2.23. The highest BCUT2D eigenvalue weighted by Crippen LogP contribution is 2.34. The van der Waals surface area contributed by atoms with Gasteiger partial charge in [0.05, 0.1) is 11.1 Å². The summed E-state index contributed by atoms with van der Waals surface area (Å²) in [6.07, 6.45) is 1.71. The standard InChI is InChI=1S/C16H11NO3/c18-15-9-10(16(19)20)6-7-13(15)11-3-1-5-14-12(11)4-2-8-17-14/h1-9,18H,(H,19,20). The van der Waals surface area contributed by atoms with Crippen LogP contribution in [0, 0.1) is 0 Å². The molecule has 0 atom stereocenters. The number of aromatic nitrogens is 1. The molecule has 1 aromatic heterocycles. The van der Waals surface area contributed by atoms with E-state index in [1.807, 2.05) is 30.3 Å². The topological polar surface area (TPSA) is 70.4 Å². The fraction of sp³-hybridized carbons (Fsp3) is 0. The maximum absolute atomic E-state index is 10.9. The minimum Gasteiger partial charge on any atom is -0.507 e. The van der Waals surface area contributed by atoms with E-state index in [1.165, 1.54) is 12.1 Å². The number of hydrogen-bond acceptors (Lipinski definition) is 3. The number of carbonyl (C=O) groups is 1. The van der Waals surface area contributed by atoms with Crippen LogP contribution in [0.5, 0.6) is 5.75 Å². The summed E-state index contributed by atoms with van der Waals surface area (Å²) in [6.45, 7) is 0. The van der Waals surface area contributed by atoms with Gasteiger partial charge in [-0.15, -0.1) is 0 Å². The summed E-state index contributed by atoms with van der Waals surface area (Å²) >= 11 is 0. The average molecular weight is 265 g/mol. The molecule has 3 rings (SSSR count). The van der Waals surface area contributed by atoms with Crippen molar-refractivity contribution in [2.24, 2.45) is 0 Å². The second-order valence-corrected chi connectivity index (χ2v) is 4.41. The van der Waals surface area contributed by atoms with Gasteiger partial charge in [-0.3, -0.25) is 4.98 Å². The van der Waals surface area contributed by atoms with Gasteiger partial charge in [0.15, 0.2) is 0 Å². The highest BCUT2D eigenvalue weighted by molar-refractivity contribution is 5.97. The van der Waals surface area contributed by atoms with Gasteiger partial charge in [0.2, 0.25) is 0 Å². The van der Waals surface area contributed by atoms with Gasteiger partial charge in [-0.2, -0.15) is 0 Å². The Kier molecular flexibility index (Phi) is 2.84. The summed E-state index contributed by atoms with van der Waals surface area (Å²) in [5.41, 5.74) is 2.30. The van der Waals surface area contributed by atoms with E-state index in [2.05, 4.69) is 4.98 Å². The number of pyridine rings is 1. The van der Waals surface area contributed by atoms with E-state index >= 15 is 0 Å². The lowest BCUT2D eigenvalue weighted by atomic mass is 9.98. The summed E-state index contributed by atoms with van der Waals surface area (Å²) in [6, 6.07) is 13.7. The van der Waals surface area contributed by atoms with Crippen molar-refractivity contribution in [1.82, 2.24) is 4.98 Å². The van der Waals surface area contributed by atoms with Crippen LogP contribution in [0.25, 0.3) is 22.0 Å². The summed E-state index contributed by atoms with van der Waals surface area (Å²) in [5.74, 6) is -1.12. The van der Waals surface area contributed by atoms with Crippen LogP contribution in [0.4, 0.5) is 0 Å². The van der Waals surface area contributed by atoms with Crippen LogP contribution in [0.2, 0.25) is 0 Å². The molecule has 20 heavy (non-hydrogen) atoms. The van der Waals surface area contributed by atoms with Crippen molar-refractivity contribution in [2.45, 2.75) is 0 Å². The van der Waals surface area contributed by atoms with Crippen molar-refractivity contribution in [1.29, 1.82) is 0 Å².